The average Bonchev–Trinajstić information content (AvgIpc) is 2.48. The van der Waals surface area contributed by atoms with Gasteiger partial charge in [0.1, 0.15) is 0 Å². The fourth-order valence-electron chi connectivity index (χ4n) is 2.25. The molecule has 1 saturated heterocycles. The summed E-state index contributed by atoms with van der Waals surface area (Å²) in [6.07, 6.45) is 3.02. The zero-order valence-electron chi connectivity index (χ0n) is 11.7. The number of hydrazine groups is 1. The molecule has 0 amide bonds. The van der Waals surface area contributed by atoms with Crippen molar-refractivity contribution < 1.29 is 0 Å². The molecule has 0 saturated carbocycles. The highest BCUT2D eigenvalue weighted by Gasteiger charge is 2.19. The number of nitrogens with zero attached hydrogens (tertiary/aromatic N) is 2. The van der Waals surface area contributed by atoms with E-state index in [0.29, 0.717) is 0 Å². The Morgan fingerprint density at radius 3 is 2.48 bits per heavy atom. The molecule has 1 unspecified atom stereocenters. The molecule has 0 radical (unpaired) electrons. The second-order valence-electron chi connectivity index (χ2n) is 5.01. The number of thiocarbonyl (C=S) groups is 1. The zero-order valence-corrected chi connectivity index (χ0v) is 12.5. The van der Waals surface area contributed by atoms with E-state index in [1.807, 2.05) is 36.4 Å². The number of hydrogen-bond donors (Lipinski definition) is 2. The van der Waals surface area contributed by atoms with Crippen LogP contribution in [0.1, 0.15) is 23.7 Å². The normalized spacial score (nSPS) is 15.1. The molecule has 2 heterocycles. The molecule has 5 heteroatoms. The maximum Gasteiger partial charge on any atom is 0.183 e. The van der Waals surface area contributed by atoms with E-state index in [2.05, 4.69) is 32.9 Å². The van der Waals surface area contributed by atoms with Crippen LogP contribution in [0.3, 0.4) is 0 Å². The standard InChI is InChI=1S/C16H18N4S/c21-16(20-11-6-12-20)19-18-15(13-7-2-1-3-8-13)14-9-4-5-10-17-14/h1-5,7-10,15,18H,6,11-12H2,(H,19,21). The lowest BCUT2D eigenvalue weighted by Crippen LogP contribution is -2.52. The minimum Gasteiger partial charge on any atom is -0.348 e. The molecule has 2 N–H and O–H groups in total. The van der Waals surface area contributed by atoms with Crippen LogP contribution >= 0.6 is 12.2 Å². The minimum absolute atomic E-state index is 0.0355. The van der Waals surface area contributed by atoms with Crippen LogP contribution in [-0.4, -0.2) is 28.1 Å². The molecule has 1 aromatic heterocycles. The third-order valence-corrected chi connectivity index (χ3v) is 3.94. The van der Waals surface area contributed by atoms with Gasteiger partial charge in [-0.2, -0.15) is 0 Å². The van der Waals surface area contributed by atoms with Crippen LogP contribution in [0, 0.1) is 0 Å². The summed E-state index contributed by atoms with van der Waals surface area (Å²) in [4.78, 5) is 6.59. The van der Waals surface area contributed by atoms with E-state index in [1.54, 1.807) is 6.20 Å². The second-order valence-corrected chi connectivity index (χ2v) is 5.40. The van der Waals surface area contributed by atoms with Gasteiger partial charge in [0.05, 0.1) is 11.7 Å². The maximum atomic E-state index is 5.38. The number of likely N-dealkylation sites (tertiary alicyclic amines) is 1. The van der Waals surface area contributed by atoms with Gasteiger partial charge < -0.3 is 4.90 Å². The topological polar surface area (TPSA) is 40.2 Å². The molecule has 1 atom stereocenters. The van der Waals surface area contributed by atoms with Gasteiger partial charge in [-0.1, -0.05) is 36.4 Å². The van der Waals surface area contributed by atoms with Crippen LogP contribution in [-0.2, 0) is 0 Å². The van der Waals surface area contributed by atoms with Gasteiger partial charge in [0.25, 0.3) is 0 Å². The maximum absolute atomic E-state index is 5.38. The van der Waals surface area contributed by atoms with E-state index in [4.69, 9.17) is 12.2 Å². The Morgan fingerprint density at radius 1 is 1.10 bits per heavy atom. The molecule has 0 spiro atoms. The Hall–Kier alpha value is -1.98. The van der Waals surface area contributed by atoms with Gasteiger partial charge in [0.2, 0.25) is 0 Å². The second kappa shape index (κ2) is 6.65. The number of nitrogens with one attached hydrogen (secondary N) is 2. The van der Waals surface area contributed by atoms with Crippen molar-refractivity contribution in [3.05, 3.63) is 66.0 Å². The first kappa shape index (κ1) is 14.0. The highest BCUT2D eigenvalue weighted by atomic mass is 32.1. The van der Waals surface area contributed by atoms with E-state index in [-0.39, 0.29) is 6.04 Å². The van der Waals surface area contributed by atoms with Crippen molar-refractivity contribution in [1.82, 2.24) is 20.7 Å². The molecule has 21 heavy (non-hydrogen) atoms. The average molecular weight is 298 g/mol. The van der Waals surface area contributed by atoms with Crippen LogP contribution in [0.4, 0.5) is 0 Å². The third-order valence-electron chi connectivity index (χ3n) is 3.58. The fourth-order valence-corrected chi connectivity index (χ4v) is 2.49. The summed E-state index contributed by atoms with van der Waals surface area (Å²) in [6, 6.07) is 16.1. The lowest BCUT2D eigenvalue weighted by molar-refractivity contribution is 0.290. The number of rotatable bonds is 4. The number of pyridine rings is 1. The van der Waals surface area contributed by atoms with Crippen molar-refractivity contribution in [2.45, 2.75) is 12.5 Å². The zero-order chi connectivity index (χ0) is 14.5. The van der Waals surface area contributed by atoms with Gasteiger partial charge >= 0.3 is 0 Å². The number of benzene rings is 1. The van der Waals surface area contributed by atoms with Gasteiger partial charge in [-0.05, 0) is 36.3 Å². The van der Waals surface area contributed by atoms with Crippen LogP contribution in [0.5, 0.6) is 0 Å². The summed E-state index contributed by atoms with van der Waals surface area (Å²) in [5.41, 5.74) is 8.56. The predicted octanol–water partition coefficient (Wildman–Crippen LogP) is 2.26. The first-order valence-corrected chi connectivity index (χ1v) is 7.52. The summed E-state index contributed by atoms with van der Waals surface area (Å²) in [5, 5.41) is 0.748. The minimum atomic E-state index is -0.0355. The van der Waals surface area contributed by atoms with Crippen molar-refractivity contribution in [2.75, 3.05) is 13.1 Å². The Morgan fingerprint density at radius 2 is 1.86 bits per heavy atom. The van der Waals surface area contributed by atoms with Gasteiger partial charge in [0, 0.05) is 19.3 Å². The molecular formula is C16H18N4S. The first-order chi connectivity index (χ1) is 10.3. The van der Waals surface area contributed by atoms with E-state index in [9.17, 15) is 0 Å². The van der Waals surface area contributed by atoms with Crippen molar-refractivity contribution in [3.63, 3.8) is 0 Å². The fraction of sp³-hybridized carbons (Fsp3) is 0.250. The summed E-state index contributed by atoms with van der Waals surface area (Å²) < 4.78 is 0. The Kier molecular flexibility index (Phi) is 4.43. The van der Waals surface area contributed by atoms with Crippen LogP contribution in [0.2, 0.25) is 0 Å². The van der Waals surface area contributed by atoms with Crippen LogP contribution in [0.25, 0.3) is 0 Å². The molecule has 1 aliphatic heterocycles. The van der Waals surface area contributed by atoms with Gasteiger partial charge in [-0.15, -0.1) is 0 Å². The van der Waals surface area contributed by atoms with E-state index >= 15 is 0 Å². The lowest BCUT2D eigenvalue weighted by Gasteiger charge is -2.34. The van der Waals surface area contributed by atoms with E-state index in [1.165, 1.54) is 6.42 Å². The van der Waals surface area contributed by atoms with Crippen LogP contribution in [0.15, 0.2) is 54.7 Å². The molecule has 1 aromatic carbocycles. The van der Waals surface area contributed by atoms with Gasteiger partial charge in [0.15, 0.2) is 5.11 Å². The Balaban J connectivity index is 1.75. The molecule has 4 nitrogen and oxygen atoms in total. The molecule has 3 rings (SSSR count). The van der Waals surface area contributed by atoms with Crippen LogP contribution < -0.4 is 10.9 Å². The monoisotopic (exact) mass is 298 g/mol. The molecule has 108 valence electrons. The highest BCUT2D eigenvalue weighted by molar-refractivity contribution is 7.80. The van der Waals surface area contributed by atoms with E-state index < -0.39 is 0 Å². The summed E-state index contributed by atoms with van der Waals surface area (Å²) in [6.45, 7) is 2.07. The number of hydrogen-bond acceptors (Lipinski definition) is 3. The van der Waals surface area contributed by atoms with Crippen molar-refractivity contribution >= 4 is 17.3 Å². The molecule has 0 aliphatic carbocycles. The SMILES string of the molecule is S=C(NNC(c1ccccc1)c1ccccn1)N1CCC1. The summed E-state index contributed by atoms with van der Waals surface area (Å²) in [7, 11) is 0. The van der Waals surface area contributed by atoms with Crippen molar-refractivity contribution in [3.8, 4) is 0 Å². The smallest absolute Gasteiger partial charge is 0.183 e. The summed E-state index contributed by atoms with van der Waals surface area (Å²) >= 11 is 5.38. The lowest BCUT2D eigenvalue weighted by atomic mass is 10.0. The molecule has 2 aromatic rings. The molecule has 0 bridgehead atoms. The largest absolute Gasteiger partial charge is 0.348 e. The predicted molar refractivity (Wildman–Crippen MR) is 87.6 cm³/mol. The third kappa shape index (κ3) is 3.37. The molecular weight excluding hydrogens is 280 g/mol. The first-order valence-electron chi connectivity index (χ1n) is 7.11. The highest BCUT2D eigenvalue weighted by Crippen LogP contribution is 2.19. The van der Waals surface area contributed by atoms with Crippen molar-refractivity contribution in [2.24, 2.45) is 0 Å². The van der Waals surface area contributed by atoms with Gasteiger partial charge in [-0.25, -0.2) is 5.43 Å². The summed E-state index contributed by atoms with van der Waals surface area (Å²) in [5.74, 6) is 0. The molecule has 1 aliphatic rings. The Bertz CT molecular complexity index is 544. The van der Waals surface area contributed by atoms with Gasteiger partial charge in [-0.3, -0.25) is 10.4 Å². The van der Waals surface area contributed by atoms with E-state index in [0.717, 1.165) is 29.5 Å². The quantitative estimate of drug-likeness (QED) is 0.669. The number of aromatic nitrogens is 1. The van der Waals surface area contributed by atoms with Crippen molar-refractivity contribution in [1.29, 1.82) is 0 Å². The Labute approximate surface area is 130 Å². The molecule has 1 fully saturated rings.